The Morgan fingerprint density at radius 3 is 2.38 bits per heavy atom. The Labute approximate surface area is 101 Å². The molecule has 1 unspecified atom stereocenters. The normalized spacial score (nSPS) is 23.2. The van der Waals surface area contributed by atoms with Gasteiger partial charge in [0.1, 0.15) is 0 Å². The summed E-state index contributed by atoms with van der Waals surface area (Å²) in [6, 6.07) is 0. The van der Waals surface area contributed by atoms with Crippen LogP contribution in [0, 0.1) is 5.41 Å². The highest BCUT2D eigenvalue weighted by molar-refractivity contribution is 4.88. The lowest BCUT2D eigenvalue weighted by Crippen LogP contribution is -2.48. The zero-order valence-electron chi connectivity index (χ0n) is 11.4. The highest BCUT2D eigenvalue weighted by Crippen LogP contribution is 2.40. The van der Waals surface area contributed by atoms with E-state index in [0.29, 0.717) is 5.41 Å². The molecule has 3 N–H and O–H groups in total. The summed E-state index contributed by atoms with van der Waals surface area (Å²) in [7, 11) is 0. The van der Waals surface area contributed by atoms with E-state index >= 15 is 0 Å². The van der Waals surface area contributed by atoms with Crippen LogP contribution >= 0.6 is 0 Å². The molecule has 1 aliphatic carbocycles. The van der Waals surface area contributed by atoms with Gasteiger partial charge in [-0.15, -0.1) is 0 Å². The third-order valence-electron chi connectivity index (χ3n) is 4.26. The Morgan fingerprint density at radius 2 is 1.88 bits per heavy atom. The Bertz CT molecular complexity index is 193. The quantitative estimate of drug-likeness (QED) is 0.700. The molecule has 1 atom stereocenters. The number of hydrogen-bond donors (Lipinski definition) is 2. The van der Waals surface area contributed by atoms with Gasteiger partial charge in [0.25, 0.3) is 0 Å². The summed E-state index contributed by atoms with van der Waals surface area (Å²) in [5, 5.41) is 3.62. The van der Waals surface area contributed by atoms with Crippen molar-refractivity contribution in [3.63, 3.8) is 0 Å². The van der Waals surface area contributed by atoms with Crippen LogP contribution in [-0.2, 0) is 0 Å². The average Bonchev–Trinajstić information content (AvgIpc) is 2.67. The zero-order valence-corrected chi connectivity index (χ0v) is 11.4. The predicted molar refractivity (Wildman–Crippen MR) is 71.6 cm³/mol. The van der Waals surface area contributed by atoms with Crippen molar-refractivity contribution in [1.82, 2.24) is 5.32 Å². The summed E-state index contributed by atoms with van der Waals surface area (Å²) in [4.78, 5) is 0. The van der Waals surface area contributed by atoms with Crippen molar-refractivity contribution in [1.29, 1.82) is 0 Å². The Balaban J connectivity index is 2.28. The van der Waals surface area contributed by atoms with E-state index < -0.39 is 0 Å². The number of nitrogens with two attached hydrogens (primary N) is 1. The molecule has 2 heteroatoms. The van der Waals surface area contributed by atoms with Crippen LogP contribution in [0.2, 0.25) is 0 Å². The SMILES string of the molecule is CCCC(C)(N)CNCC1(CC)CCCC1. The standard InChI is InChI=1S/C14H30N2/c1-4-8-13(3,15)11-16-12-14(5-2)9-6-7-10-14/h16H,4-12,15H2,1-3H3. The van der Waals surface area contributed by atoms with Crippen molar-refractivity contribution in [2.45, 2.75) is 71.3 Å². The summed E-state index contributed by atoms with van der Waals surface area (Å²) in [5.74, 6) is 0. The minimum Gasteiger partial charge on any atom is -0.324 e. The second-order valence-electron chi connectivity index (χ2n) is 6.07. The highest BCUT2D eigenvalue weighted by atomic mass is 14.9. The van der Waals surface area contributed by atoms with Crippen LogP contribution < -0.4 is 11.1 Å². The third kappa shape index (κ3) is 4.06. The first kappa shape index (κ1) is 14.0. The van der Waals surface area contributed by atoms with Gasteiger partial charge in [0.2, 0.25) is 0 Å². The molecule has 0 saturated heterocycles. The van der Waals surface area contributed by atoms with Gasteiger partial charge < -0.3 is 11.1 Å². The lowest BCUT2D eigenvalue weighted by molar-refractivity contribution is 0.255. The molecule has 1 fully saturated rings. The molecule has 0 aromatic rings. The van der Waals surface area contributed by atoms with Crippen molar-refractivity contribution in [3.05, 3.63) is 0 Å². The first-order valence-electron chi connectivity index (χ1n) is 7.03. The van der Waals surface area contributed by atoms with Gasteiger partial charge in [0.05, 0.1) is 0 Å². The van der Waals surface area contributed by atoms with Crippen molar-refractivity contribution in [3.8, 4) is 0 Å². The molecule has 16 heavy (non-hydrogen) atoms. The summed E-state index contributed by atoms with van der Waals surface area (Å²) in [5.41, 5.74) is 6.79. The summed E-state index contributed by atoms with van der Waals surface area (Å²) in [6.45, 7) is 8.83. The van der Waals surface area contributed by atoms with E-state index in [2.05, 4.69) is 26.1 Å². The van der Waals surface area contributed by atoms with Gasteiger partial charge >= 0.3 is 0 Å². The molecular weight excluding hydrogens is 196 g/mol. The Kier molecular flexibility index (Phi) is 5.26. The molecule has 0 amide bonds. The fraction of sp³-hybridized carbons (Fsp3) is 1.00. The van der Waals surface area contributed by atoms with E-state index in [9.17, 15) is 0 Å². The number of hydrogen-bond acceptors (Lipinski definition) is 2. The molecule has 0 aromatic carbocycles. The molecule has 0 radical (unpaired) electrons. The van der Waals surface area contributed by atoms with Crippen LogP contribution in [0.1, 0.15) is 65.7 Å². The monoisotopic (exact) mass is 226 g/mol. The first-order chi connectivity index (χ1) is 7.54. The second-order valence-corrected chi connectivity index (χ2v) is 6.07. The lowest BCUT2D eigenvalue weighted by atomic mass is 9.83. The van der Waals surface area contributed by atoms with Gasteiger partial charge in [-0.3, -0.25) is 0 Å². The summed E-state index contributed by atoms with van der Waals surface area (Å²) >= 11 is 0. The first-order valence-corrected chi connectivity index (χ1v) is 7.03. The van der Waals surface area contributed by atoms with E-state index in [0.717, 1.165) is 13.0 Å². The number of rotatable bonds is 7. The van der Waals surface area contributed by atoms with E-state index in [1.807, 2.05) is 0 Å². The molecular formula is C14H30N2. The molecule has 0 aromatic heterocycles. The largest absolute Gasteiger partial charge is 0.324 e. The molecule has 1 rings (SSSR count). The van der Waals surface area contributed by atoms with Crippen molar-refractivity contribution in [2.75, 3.05) is 13.1 Å². The fourth-order valence-corrected chi connectivity index (χ4v) is 3.05. The molecule has 0 bridgehead atoms. The molecule has 0 aliphatic heterocycles. The molecule has 0 heterocycles. The van der Waals surface area contributed by atoms with Gasteiger partial charge in [0, 0.05) is 18.6 Å². The maximum absolute atomic E-state index is 6.23. The highest BCUT2D eigenvalue weighted by Gasteiger charge is 2.31. The Hall–Kier alpha value is -0.0800. The van der Waals surface area contributed by atoms with Gasteiger partial charge in [-0.2, -0.15) is 0 Å². The van der Waals surface area contributed by atoms with Gasteiger partial charge in [-0.25, -0.2) is 0 Å². The third-order valence-corrected chi connectivity index (χ3v) is 4.26. The Morgan fingerprint density at radius 1 is 1.25 bits per heavy atom. The summed E-state index contributed by atoms with van der Waals surface area (Å²) < 4.78 is 0. The molecule has 0 spiro atoms. The minimum atomic E-state index is -0.0255. The maximum Gasteiger partial charge on any atom is 0.0252 e. The second kappa shape index (κ2) is 6.02. The van der Waals surface area contributed by atoms with E-state index in [1.54, 1.807) is 0 Å². The van der Waals surface area contributed by atoms with E-state index in [-0.39, 0.29) is 5.54 Å². The predicted octanol–water partition coefficient (Wildman–Crippen LogP) is 3.06. The number of nitrogens with one attached hydrogen (secondary N) is 1. The van der Waals surface area contributed by atoms with Crippen LogP contribution in [-0.4, -0.2) is 18.6 Å². The van der Waals surface area contributed by atoms with Crippen molar-refractivity contribution < 1.29 is 0 Å². The van der Waals surface area contributed by atoms with Crippen LogP contribution in [0.25, 0.3) is 0 Å². The van der Waals surface area contributed by atoms with Gasteiger partial charge in [-0.05, 0) is 38.0 Å². The van der Waals surface area contributed by atoms with Crippen LogP contribution in [0.15, 0.2) is 0 Å². The van der Waals surface area contributed by atoms with Crippen LogP contribution in [0.3, 0.4) is 0 Å². The van der Waals surface area contributed by atoms with Crippen molar-refractivity contribution >= 4 is 0 Å². The maximum atomic E-state index is 6.23. The van der Waals surface area contributed by atoms with E-state index in [4.69, 9.17) is 5.73 Å². The molecule has 1 saturated carbocycles. The molecule has 1 aliphatic rings. The van der Waals surface area contributed by atoms with Gasteiger partial charge in [-0.1, -0.05) is 33.1 Å². The zero-order chi connectivity index (χ0) is 12.1. The molecule has 96 valence electrons. The van der Waals surface area contributed by atoms with Crippen molar-refractivity contribution in [2.24, 2.45) is 11.1 Å². The van der Waals surface area contributed by atoms with Crippen LogP contribution in [0.4, 0.5) is 0 Å². The average molecular weight is 226 g/mol. The van der Waals surface area contributed by atoms with E-state index in [1.165, 1.54) is 45.1 Å². The topological polar surface area (TPSA) is 38.0 Å². The lowest BCUT2D eigenvalue weighted by Gasteiger charge is -2.31. The minimum absolute atomic E-state index is 0.0255. The van der Waals surface area contributed by atoms with Gasteiger partial charge in [0.15, 0.2) is 0 Å². The molecule has 2 nitrogen and oxygen atoms in total. The fourth-order valence-electron chi connectivity index (χ4n) is 3.05. The smallest absolute Gasteiger partial charge is 0.0252 e. The summed E-state index contributed by atoms with van der Waals surface area (Å²) in [6.07, 6.45) is 9.26. The van der Waals surface area contributed by atoms with Crippen LogP contribution in [0.5, 0.6) is 0 Å².